The van der Waals surface area contributed by atoms with Crippen molar-refractivity contribution in [3.63, 3.8) is 0 Å². The molecule has 0 radical (unpaired) electrons. The number of benzene rings is 2. The maximum absolute atomic E-state index is 9.21. The van der Waals surface area contributed by atoms with Gasteiger partial charge >= 0.3 is 0 Å². The summed E-state index contributed by atoms with van der Waals surface area (Å²) in [6.45, 7) is 1.10. The van der Waals surface area contributed by atoms with Crippen LogP contribution in [-0.2, 0) is 0 Å². The number of nitriles is 1. The Bertz CT molecular complexity index is 676. The molecule has 2 aromatic rings. The van der Waals surface area contributed by atoms with Gasteiger partial charge in [-0.05, 0) is 23.8 Å². The van der Waals surface area contributed by atoms with Crippen molar-refractivity contribution < 1.29 is 9.47 Å². The van der Waals surface area contributed by atoms with Crippen LogP contribution in [0.3, 0.4) is 0 Å². The van der Waals surface area contributed by atoms with Crippen LogP contribution in [0, 0.1) is 11.3 Å². The van der Waals surface area contributed by atoms with E-state index < -0.39 is 0 Å². The van der Waals surface area contributed by atoms with Crippen molar-refractivity contribution in [2.45, 2.75) is 0 Å². The third-order valence-electron chi connectivity index (χ3n) is 2.98. The van der Waals surface area contributed by atoms with Crippen LogP contribution in [0.4, 0.5) is 0 Å². The Morgan fingerprint density at radius 1 is 1.05 bits per heavy atom. The van der Waals surface area contributed by atoms with Crippen LogP contribution in [0.25, 0.3) is 11.1 Å². The summed E-state index contributed by atoms with van der Waals surface area (Å²) >= 11 is 6.04. The molecular formula is C15H10ClNO2. The van der Waals surface area contributed by atoms with Crippen molar-refractivity contribution in [1.82, 2.24) is 0 Å². The Hall–Kier alpha value is -2.18. The Morgan fingerprint density at radius 3 is 2.63 bits per heavy atom. The first-order chi connectivity index (χ1) is 9.29. The van der Waals surface area contributed by atoms with Crippen molar-refractivity contribution in [2.24, 2.45) is 0 Å². The number of nitrogens with zero attached hydrogens (tertiary/aromatic N) is 1. The summed E-state index contributed by atoms with van der Waals surface area (Å²) < 4.78 is 11.0. The van der Waals surface area contributed by atoms with E-state index in [-0.39, 0.29) is 0 Å². The topological polar surface area (TPSA) is 42.2 Å². The molecule has 0 aromatic heterocycles. The maximum Gasteiger partial charge on any atom is 0.161 e. The van der Waals surface area contributed by atoms with Crippen LogP contribution < -0.4 is 9.47 Å². The number of ether oxygens (including phenoxy) is 2. The van der Waals surface area contributed by atoms with Crippen molar-refractivity contribution in [3.05, 3.63) is 47.0 Å². The number of rotatable bonds is 1. The summed E-state index contributed by atoms with van der Waals surface area (Å²) in [4.78, 5) is 0. The normalized spacial score (nSPS) is 12.8. The molecule has 0 atom stereocenters. The standard InChI is InChI=1S/C15H10ClNO2/c16-13-3-1-2-11(12(13)9-17)10-4-5-14-15(8-10)19-7-6-18-14/h1-5,8H,6-7H2. The van der Waals surface area contributed by atoms with Gasteiger partial charge < -0.3 is 9.47 Å². The summed E-state index contributed by atoms with van der Waals surface area (Å²) in [7, 11) is 0. The molecule has 0 saturated carbocycles. The van der Waals surface area contributed by atoms with Gasteiger partial charge in [0.05, 0.1) is 10.6 Å². The van der Waals surface area contributed by atoms with E-state index in [1.807, 2.05) is 30.3 Å². The Balaban J connectivity index is 2.13. The monoisotopic (exact) mass is 271 g/mol. The molecule has 1 heterocycles. The molecule has 0 fully saturated rings. The molecule has 0 bridgehead atoms. The SMILES string of the molecule is N#Cc1c(Cl)cccc1-c1ccc2c(c1)OCCO2. The van der Waals surface area contributed by atoms with Gasteiger partial charge in [-0.1, -0.05) is 29.8 Å². The molecule has 0 spiro atoms. The average molecular weight is 272 g/mol. The number of hydrogen-bond acceptors (Lipinski definition) is 3. The lowest BCUT2D eigenvalue weighted by Crippen LogP contribution is -2.15. The first kappa shape index (κ1) is 11.9. The number of halogens is 1. The molecule has 0 N–H and O–H groups in total. The molecule has 2 aromatic carbocycles. The first-order valence-electron chi connectivity index (χ1n) is 5.88. The molecule has 1 aliphatic heterocycles. The summed E-state index contributed by atoms with van der Waals surface area (Å²) in [6.07, 6.45) is 0. The second-order valence-electron chi connectivity index (χ2n) is 4.13. The van der Waals surface area contributed by atoms with Gasteiger partial charge in [0.2, 0.25) is 0 Å². The number of hydrogen-bond donors (Lipinski definition) is 0. The van der Waals surface area contributed by atoms with Gasteiger partial charge in [-0.3, -0.25) is 0 Å². The predicted octanol–water partition coefficient (Wildman–Crippen LogP) is 3.65. The van der Waals surface area contributed by atoms with Crippen LogP contribution in [0.5, 0.6) is 11.5 Å². The lowest BCUT2D eigenvalue weighted by molar-refractivity contribution is 0.171. The summed E-state index contributed by atoms with van der Waals surface area (Å²) in [5.74, 6) is 1.43. The summed E-state index contributed by atoms with van der Waals surface area (Å²) in [6, 6.07) is 13.2. The predicted molar refractivity (Wildman–Crippen MR) is 72.6 cm³/mol. The van der Waals surface area contributed by atoms with Gasteiger partial charge in [-0.25, -0.2) is 0 Å². The van der Waals surface area contributed by atoms with Crippen molar-refractivity contribution in [1.29, 1.82) is 5.26 Å². The van der Waals surface area contributed by atoms with E-state index in [0.717, 1.165) is 16.9 Å². The molecule has 0 aliphatic carbocycles. The maximum atomic E-state index is 9.21. The molecule has 4 heteroatoms. The van der Waals surface area contributed by atoms with Crippen LogP contribution in [0.1, 0.15) is 5.56 Å². The molecule has 0 saturated heterocycles. The Kier molecular flexibility index (Phi) is 3.02. The molecule has 19 heavy (non-hydrogen) atoms. The van der Waals surface area contributed by atoms with Crippen LogP contribution in [0.2, 0.25) is 5.02 Å². The van der Waals surface area contributed by atoms with Gasteiger partial charge in [0.25, 0.3) is 0 Å². The van der Waals surface area contributed by atoms with Crippen LogP contribution in [-0.4, -0.2) is 13.2 Å². The van der Waals surface area contributed by atoms with E-state index in [4.69, 9.17) is 21.1 Å². The van der Waals surface area contributed by atoms with Crippen LogP contribution in [0.15, 0.2) is 36.4 Å². The van der Waals surface area contributed by atoms with Crippen molar-refractivity contribution in [2.75, 3.05) is 13.2 Å². The lowest BCUT2D eigenvalue weighted by Gasteiger charge is -2.19. The Morgan fingerprint density at radius 2 is 1.84 bits per heavy atom. The molecule has 0 amide bonds. The van der Waals surface area contributed by atoms with Gasteiger partial charge in [0.15, 0.2) is 11.5 Å². The van der Waals surface area contributed by atoms with E-state index in [0.29, 0.717) is 29.5 Å². The molecule has 3 rings (SSSR count). The van der Waals surface area contributed by atoms with Crippen molar-refractivity contribution >= 4 is 11.6 Å². The fourth-order valence-electron chi connectivity index (χ4n) is 2.09. The summed E-state index contributed by atoms with van der Waals surface area (Å²) in [5, 5.41) is 9.66. The van der Waals surface area contributed by atoms with E-state index in [1.165, 1.54) is 0 Å². The van der Waals surface area contributed by atoms with E-state index in [1.54, 1.807) is 6.07 Å². The van der Waals surface area contributed by atoms with Gasteiger partial charge in [0, 0.05) is 5.56 Å². The highest BCUT2D eigenvalue weighted by Gasteiger charge is 2.14. The van der Waals surface area contributed by atoms with Crippen LogP contribution >= 0.6 is 11.6 Å². The molecule has 1 aliphatic rings. The third kappa shape index (κ3) is 2.11. The van der Waals surface area contributed by atoms with E-state index >= 15 is 0 Å². The zero-order chi connectivity index (χ0) is 13.2. The summed E-state index contributed by atoms with van der Waals surface area (Å²) in [5.41, 5.74) is 2.16. The average Bonchev–Trinajstić information content (AvgIpc) is 2.46. The second kappa shape index (κ2) is 4.83. The largest absolute Gasteiger partial charge is 0.486 e. The quantitative estimate of drug-likeness (QED) is 0.795. The fourth-order valence-corrected chi connectivity index (χ4v) is 2.31. The number of fused-ring (bicyclic) bond motifs is 1. The minimum Gasteiger partial charge on any atom is -0.486 e. The lowest BCUT2D eigenvalue weighted by atomic mass is 10.00. The molecule has 94 valence electrons. The molecular weight excluding hydrogens is 262 g/mol. The fraction of sp³-hybridized carbons (Fsp3) is 0.133. The minimum atomic E-state index is 0.454. The zero-order valence-electron chi connectivity index (χ0n) is 10.0. The first-order valence-corrected chi connectivity index (χ1v) is 6.26. The zero-order valence-corrected chi connectivity index (χ0v) is 10.8. The highest BCUT2D eigenvalue weighted by molar-refractivity contribution is 6.32. The Labute approximate surface area is 116 Å². The van der Waals surface area contributed by atoms with Gasteiger partial charge in [-0.2, -0.15) is 5.26 Å². The van der Waals surface area contributed by atoms with E-state index in [2.05, 4.69) is 6.07 Å². The molecule has 3 nitrogen and oxygen atoms in total. The second-order valence-corrected chi connectivity index (χ2v) is 4.54. The van der Waals surface area contributed by atoms with Gasteiger partial charge in [-0.15, -0.1) is 0 Å². The smallest absolute Gasteiger partial charge is 0.161 e. The minimum absolute atomic E-state index is 0.454. The van der Waals surface area contributed by atoms with Gasteiger partial charge in [0.1, 0.15) is 19.3 Å². The highest BCUT2D eigenvalue weighted by atomic mass is 35.5. The van der Waals surface area contributed by atoms with E-state index in [9.17, 15) is 5.26 Å². The highest BCUT2D eigenvalue weighted by Crippen LogP contribution is 2.36. The van der Waals surface area contributed by atoms with Crippen molar-refractivity contribution in [3.8, 4) is 28.7 Å². The third-order valence-corrected chi connectivity index (χ3v) is 3.29. The molecule has 0 unspecified atom stereocenters.